The number of rotatable bonds is 1. The molecule has 2 rings (SSSR count). The van der Waals surface area contributed by atoms with Crippen molar-refractivity contribution in [2.45, 2.75) is 0 Å². The number of nitrogen functional groups attached to an aromatic ring is 1. The van der Waals surface area contributed by atoms with Crippen LogP contribution in [0.15, 0.2) is 34.9 Å². The van der Waals surface area contributed by atoms with E-state index in [0.717, 1.165) is 21.4 Å². The van der Waals surface area contributed by atoms with Gasteiger partial charge in [-0.05, 0) is 24.3 Å². The number of H-pyrrole nitrogens is 1. The van der Waals surface area contributed by atoms with Crippen LogP contribution in [0, 0.1) is 0 Å². The van der Waals surface area contributed by atoms with Crippen molar-refractivity contribution in [3.05, 3.63) is 34.9 Å². The highest BCUT2D eigenvalue weighted by atomic mass is 79.9. The Balaban J connectivity index is 2.53. The molecule has 0 aliphatic rings. The van der Waals surface area contributed by atoms with Gasteiger partial charge in [-0.1, -0.05) is 15.9 Å². The summed E-state index contributed by atoms with van der Waals surface area (Å²) >= 11 is 3.35. The summed E-state index contributed by atoms with van der Waals surface area (Å²) in [6, 6.07) is 7.66. The lowest BCUT2D eigenvalue weighted by Crippen LogP contribution is -1.89. The van der Waals surface area contributed by atoms with Crippen molar-refractivity contribution in [2.24, 2.45) is 0 Å². The molecule has 3 N–H and O–H groups in total. The Morgan fingerprint density at radius 2 is 2.15 bits per heavy atom. The Labute approximate surface area is 84.1 Å². The van der Waals surface area contributed by atoms with Gasteiger partial charge >= 0.3 is 0 Å². The van der Waals surface area contributed by atoms with Crippen LogP contribution in [0.5, 0.6) is 0 Å². The average molecular weight is 238 g/mol. The monoisotopic (exact) mass is 237 g/mol. The van der Waals surface area contributed by atoms with Crippen molar-refractivity contribution in [1.29, 1.82) is 0 Å². The topological polar surface area (TPSA) is 54.7 Å². The van der Waals surface area contributed by atoms with E-state index in [4.69, 9.17) is 5.73 Å². The number of nitrogens with one attached hydrogen (secondary N) is 1. The third kappa shape index (κ3) is 1.58. The second kappa shape index (κ2) is 3.22. The molecule has 0 bridgehead atoms. The molecule has 1 aromatic heterocycles. The molecule has 66 valence electrons. The molecule has 1 heterocycles. The van der Waals surface area contributed by atoms with Crippen molar-refractivity contribution in [2.75, 3.05) is 5.73 Å². The molecular formula is C9H8BrN3. The van der Waals surface area contributed by atoms with Crippen LogP contribution in [0.3, 0.4) is 0 Å². The third-order valence-corrected chi connectivity index (χ3v) is 2.30. The minimum Gasteiger partial charge on any atom is -0.398 e. The van der Waals surface area contributed by atoms with Gasteiger partial charge in [0.2, 0.25) is 0 Å². The average Bonchev–Trinajstić information content (AvgIpc) is 2.56. The summed E-state index contributed by atoms with van der Waals surface area (Å²) in [5, 5.41) is 6.74. The lowest BCUT2D eigenvalue weighted by Gasteiger charge is -2.02. The van der Waals surface area contributed by atoms with Crippen molar-refractivity contribution in [1.82, 2.24) is 10.2 Å². The van der Waals surface area contributed by atoms with Crippen molar-refractivity contribution < 1.29 is 0 Å². The summed E-state index contributed by atoms with van der Waals surface area (Å²) in [5.41, 5.74) is 8.48. The predicted molar refractivity (Wildman–Crippen MR) is 56.1 cm³/mol. The van der Waals surface area contributed by atoms with E-state index in [0.29, 0.717) is 0 Å². The quantitative estimate of drug-likeness (QED) is 0.749. The molecule has 0 aliphatic heterocycles. The summed E-state index contributed by atoms with van der Waals surface area (Å²) in [6.07, 6.45) is 1.71. The van der Waals surface area contributed by atoms with Crippen LogP contribution in [0.25, 0.3) is 11.3 Å². The number of aromatic nitrogens is 2. The van der Waals surface area contributed by atoms with Gasteiger partial charge in [0, 0.05) is 21.9 Å². The highest BCUT2D eigenvalue weighted by Crippen LogP contribution is 2.26. The second-order valence-electron chi connectivity index (χ2n) is 2.70. The summed E-state index contributed by atoms with van der Waals surface area (Å²) in [7, 11) is 0. The maximum Gasteiger partial charge on any atom is 0.0670 e. The first-order chi connectivity index (χ1) is 6.27. The molecular weight excluding hydrogens is 230 g/mol. The van der Waals surface area contributed by atoms with Crippen molar-refractivity contribution in [3.63, 3.8) is 0 Å². The Morgan fingerprint density at radius 1 is 1.31 bits per heavy atom. The van der Waals surface area contributed by atoms with E-state index in [9.17, 15) is 0 Å². The highest BCUT2D eigenvalue weighted by Gasteiger charge is 2.02. The van der Waals surface area contributed by atoms with E-state index in [-0.39, 0.29) is 0 Å². The SMILES string of the molecule is Nc1cc(Br)ccc1-c1ccn[nH]1. The molecule has 0 unspecified atom stereocenters. The van der Waals surface area contributed by atoms with Gasteiger partial charge in [-0.15, -0.1) is 0 Å². The van der Waals surface area contributed by atoms with Gasteiger partial charge in [0.15, 0.2) is 0 Å². The van der Waals surface area contributed by atoms with Gasteiger partial charge in [0.05, 0.1) is 5.69 Å². The Morgan fingerprint density at radius 3 is 2.77 bits per heavy atom. The zero-order chi connectivity index (χ0) is 9.26. The first kappa shape index (κ1) is 8.31. The smallest absolute Gasteiger partial charge is 0.0670 e. The Kier molecular flexibility index (Phi) is 2.06. The van der Waals surface area contributed by atoms with Crippen LogP contribution in [-0.2, 0) is 0 Å². The largest absolute Gasteiger partial charge is 0.398 e. The molecule has 0 aliphatic carbocycles. The van der Waals surface area contributed by atoms with E-state index in [1.165, 1.54) is 0 Å². The number of nitrogens with two attached hydrogens (primary N) is 1. The Bertz CT molecular complexity index is 409. The highest BCUT2D eigenvalue weighted by molar-refractivity contribution is 9.10. The van der Waals surface area contributed by atoms with Crippen LogP contribution >= 0.6 is 15.9 Å². The first-order valence-corrected chi connectivity index (χ1v) is 4.61. The lowest BCUT2D eigenvalue weighted by atomic mass is 10.1. The van der Waals surface area contributed by atoms with Gasteiger partial charge in [0.25, 0.3) is 0 Å². The molecule has 0 fully saturated rings. The zero-order valence-electron chi connectivity index (χ0n) is 6.79. The van der Waals surface area contributed by atoms with Gasteiger partial charge in [-0.25, -0.2) is 0 Å². The van der Waals surface area contributed by atoms with Crippen molar-refractivity contribution in [3.8, 4) is 11.3 Å². The van der Waals surface area contributed by atoms with E-state index >= 15 is 0 Å². The molecule has 1 aromatic carbocycles. The molecule has 0 atom stereocenters. The van der Waals surface area contributed by atoms with Gasteiger partial charge in [0.1, 0.15) is 0 Å². The number of hydrogen-bond acceptors (Lipinski definition) is 2. The number of benzene rings is 1. The standard InChI is InChI=1S/C9H8BrN3/c10-6-1-2-7(8(11)5-6)9-3-4-12-13-9/h1-5H,11H2,(H,12,13). The minimum atomic E-state index is 0.735. The third-order valence-electron chi connectivity index (χ3n) is 1.80. The number of hydrogen-bond donors (Lipinski definition) is 2. The molecule has 2 aromatic rings. The number of aromatic amines is 1. The van der Waals surface area contributed by atoms with Crippen molar-refractivity contribution >= 4 is 21.6 Å². The van der Waals surface area contributed by atoms with Gasteiger partial charge in [-0.3, -0.25) is 5.10 Å². The molecule has 0 saturated heterocycles. The number of anilines is 1. The molecule has 4 heteroatoms. The first-order valence-electron chi connectivity index (χ1n) is 3.82. The molecule has 0 amide bonds. The van der Waals surface area contributed by atoms with E-state index < -0.39 is 0 Å². The van der Waals surface area contributed by atoms with Gasteiger partial charge < -0.3 is 5.73 Å². The number of halogens is 1. The van der Waals surface area contributed by atoms with Crippen LogP contribution in [0.4, 0.5) is 5.69 Å². The van der Waals surface area contributed by atoms with Gasteiger partial charge in [-0.2, -0.15) is 5.10 Å². The maximum absolute atomic E-state index is 5.83. The second-order valence-corrected chi connectivity index (χ2v) is 3.62. The molecule has 0 saturated carbocycles. The molecule has 0 spiro atoms. The van der Waals surface area contributed by atoms with Crippen LogP contribution in [0.1, 0.15) is 0 Å². The van der Waals surface area contributed by atoms with E-state index in [1.54, 1.807) is 6.20 Å². The lowest BCUT2D eigenvalue weighted by molar-refractivity contribution is 1.10. The van der Waals surface area contributed by atoms with E-state index in [1.807, 2.05) is 24.3 Å². The predicted octanol–water partition coefficient (Wildman–Crippen LogP) is 2.42. The molecule has 0 radical (unpaired) electrons. The van der Waals surface area contributed by atoms with E-state index in [2.05, 4.69) is 26.1 Å². The summed E-state index contributed by atoms with van der Waals surface area (Å²) in [5.74, 6) is 0. The molecule has 3 nitrogen and oxygen atoms in total. The maximum atomic E-state index is 5.83. The van der Waals surface area contributed by atoms with Crippen LogP contribution in [-0.4, -0.2) is 10.2 Å². The van der Waals surface area contributed by atoms with Crippen LogP contribution in [0.2, 0.25) is 0 Å². The Hall–Kier alpha value is -1.29. The molecule has 13 heavy (non-hydrogen) atoms. The fourth-order valence-electron chi connectivity index (χ4n) is 1.18. The van der Waals surface area contributed by atoms with Crippen LogP contribution < -0.4 is 5.73 Å². The zero-order valence-corrected chi connectivity index (χ0v) is 8.38. The fourth-order valence-corrected chi connectivity index (χ4v) is 1.56. The summed E-state index contributed by atoms with van der Waals surface area (Å²) in [4.78, 5) is 0. The summed E-state index contributed by atoms with van der Waals surface area (Å²) < 4.78 is 0.980. The fraction of sp³-hybridized carbons (Fsp3) is 0. The number of nitrogens with zero attached hydrogens (tertiary/aromatic N) is 1. The summed E-state index contributed by atoms with van der Waals surface area (Å²) in [6.45, 7) is 0. The minimum absolute atomic E-state index is 0.735. The normalized spacial score (nSPS) is 10.2.